The van der Waals surface area contributed by atoms with E-state index in [-0.39, 0.29) is 0 Å². The summed E-state index contributed by atoms with van der Waals surface area (Å²) in [5.41, 5.74) is 2.28. The van der Waals surface area contributed by atoms with E-state index < -0.39 is 5.97 Å². The molecule has 4 heteroatoms. The van der Waals surface area contributed by atoms with Crippen molar-refractivity contribution in [2.45, 2.75) is 6.42 Å². The molecule has 17 heavy (non-hydrogen) atoms. The number of hydrogen-bond donors (Lipinski definition) is 2. The molecule has 0 unspecified atom stereocenters. The molecule has 0 amide bonds. The predicted octanol–water partition coefficient (Wildman–Crippen LogP) is 1.53. The van der Waals surface area contributed by atoms with Crippen LogP contribution < -0.4 is 10.1 Å². The monoisotopic (exact) mass is 233 g/mol. The summed E-state index contributed by atoms with van der Waals surface area (Å²) in [7, 11) is 1.61. The molecule has 1 aliphatic rings. The molecule has 1 aromatic carbocycles. The summed E-state index contributed by atoms with van der Waals surface area (Å²) in [5.74, 6) is -0.103. The van der Waals surface area contributed by atoms with Gasteiger partial charge in [-0.05, 0) is 36.2 Å². The minimum atomic E-state index is -0.852. The van der Waals surface area contributed by atoms with Crippen molar-refractivity contribution >= 4 is 11.5 Å². The first-order chi connectivity index (χ1) is 8.22. The van der Waals surface area contributed by atoms with E-state index in [1.54, 1.807) is 7.11 Å². The van der Waals surface area contributed by atoms with Crippen LogP contribution in [0.2, 0.25) is 0 Å². The average Bonchev–Trinajstić information content (AvgIpc) is 2.39. The zero-order chi connectivity index (χ0) is 12.3. The Morgan fingerprint density at radius 2 is 2.29 bits per heavy atom. The summed E-state index contributed by atoms with van der Waals surface area (Å²) in [6.45, 7) is 1.23. The van der Waals surface area contributed by atoms with Crippen molar-refractivity contribution in [1.29, 1.82) is 0 Å². The van der Waals surface area contributed by atoms with Crippen molar-refractivity contribution in [1.82, 2.24) is 5.32 Å². The first-order valence-electron chi connectivity index (χ1n) is 5.53. The Balaban J connectivity index is 2.45. The molecular formula is C13H15NO3. The third-order valence-electron chi connectivity index (χ3n) is 2.89. The first kappa shape index (κ1) is 11.7. The van der Waals surface area contributed by atoms with Gasteiger partial charge < -0.3 is 15.2 Å². The number of nitrogens with one attached hydrogen (secondary N) is 1. The number of carboxylic acid groups (broad SMARTS) is 1. The Morgan fingerprint density at radius 3 is 3.00 bits per heavy atom. The van der Waals surface area contributed by atoms with Crippen LogP contribution in [0, 0.1) is 0 Å². The molecule has 1 aliphatic heterocycles. The van der Waals surface area contributed by atoms with Gasteiger partial charge in [-0.25, -0.2) is 4.79 Å². The standard InChI is InChI=1S/C13H15NO3/c1-17-10-4-2-3-9(7-10)11-5-6-14-8-12(11)13(15)16/h2-4,7,14H,5-6,8H2,1H3,(H,15,16). The molecule has 90 valence electrons. The summed E-state index contributed by atoms with van der Waals surface area (Å²) in [5, 5.41) is 12.2. The highest BCUT2D eigenvalue weighted by atomic mass is 16.5. The predicted molar refractivity (Wildman–Crippen MR) is 65.0 cm³/mol. The Hall–Kier alpha value is -1.81. The van der Waals surface area contributed by atoms with E-state index in [0.29, 0.717) is 12.1 Å². The Labute approximate surface area is 99.9 Å². The molecule has 0 saturated heterocycles. The highest BCUT2D eigenvalue weighted by molar-refractivity contribution is 5.97. The van der Waals surface area contributed by atoms with E-state index in [1.165, 1.54) is 0 Å². The van der Waals surface area contributed by atoms with Crippen LogP contribution in [-0.4, -0.2) is 31.3 Å². The van der Waals surface area contributed by atoms with Crippen molar-refractivity contribution in [2.75, 3.05) is 20.2 Å². The van der Waals surface area contributed by atoms with E-state index in [0.717, 1.165) is 29.9 Å². The van der Waals surface area contributed by atoms with Crippen LogP contribution in [-0.2, 0) is 4.79 Å². The van der Waals surface area contributed by atoms with Gasteiger partial charge in [0, 0.05) is 6.54 Å². The largest absolute Gasteiger partial charge is 0.497 e. The quantitative estimate of drug-likeness (QED) is 0.831. The van der Waals surface area contributed by atoms with Gasteiger partial charge in [-0.1, -0.05) is 12.1 Å². The van der Waals surface area contributed by atoms with Crippen LogP contribution in [0.15, 0.2) is 29.8 Å². The van der Waals surface area contributed by atoms with Gasteiger partial charge in [-0.2, -0.15) is 0 Å². The lowest BCUT2D eigenvalue weighted by molar-refractivity contribution is -0.132. The SMILES string of the molecule is COc1cccc(C2=C(C(=O)O)CNCC2)c1. The molecular weight excluding hydrogens is 218 g/mol. The van der Waals surface area contributed by atoms with Crippen molar-refractivity contribution in [3.05, 3.63) is 35.4 Å². The van der Waals surface area contributed by atoms with E-state index in [2.05, 4.69) is 5.32 Å². The lowest BCUT2D eigenvalue weighted by Gasteiger charge is -2.19. The molecule has 0 spiro atoms. The van der Waals surface area contributed by atoms with Crippen molar-refractivity contribution < 1.29 is 14.6 Å². The lowest BCUT2D eigenvalue weighted by Crippen LogP contribution is -2.28. The number of methoxy groups -OCH3 is 1. The smallest absolute Gasteiger partial charge is 0.333 e. The first-order valence-corrected chi connectivity index (χ1v) is 5.53. The van der Waals surface area contributed by atoms with Gasteiger partial charge in [0.1, 0.15) is 5.75 Å². The number of ether oxygens (including phenoxy) is 1. The van der Waals surface area contributed by atoms with Crippen LogP contribution in [0.25, 0.3) is 5.57 Å². The van der Waals surface area contributed by atoms with Crippen LogP contribution >= 0.6 is 0 Å². The van der Waals surface area contributed by atoms with Crippen LogP contribution in [0.5, 0.6) is 5.75 Å². The van der Waals surface area contributed by atoms with Gasteiger partial charge >= 0.3 is 5.97 Å². The fourth-order valence-electron chi connectivity index (χ4n) is 2.02. The fourth-order valence-corrected chi connectivity index (χ4v) is 2.02. The van der Waals surface area contributed by atoms with Gasteiger partial charge in [-0.15, -0.1) is 0 Å². The third-order valence-corrected chi connectivity index (χ3v) is 2.89. The van der Waals surface area contributed by atoms with Crippen molar-refractivity contribution in [3.8, 4) is 5.75 Å². The van der Waals surface area contributed by atoms with Gasteiger partial charge in [0.05, 0.1) is 12.7 Å². The summed E-state index contributed by atoms with van der Waals surface area (Å²) in [4.78, 5) is 11.2. The van der Waals surface area contributed by atoms with Crippen molar-refractivity contribution in [3.63, 3.8) is 0 Å². The van der Waals surface area contributed by atoms with Gasteiger partial charge in [0.15, 0.2) is 0 Å². The Morgan fingerprint density at radius 1 is 1.47 bits per heavy atom. The van der Waals surface area contributed by atoms with Crippen LogP contribution in [0.3, 0.4) is 0 Å². The molecule has 1 heterocycles. The van der Waals surface area contributed by atoms with E-state index in [4.69, 9.17) is 9.84 Å². The summed E-state index contributed by atoms with van der Waals surface area (Å²) in [6, 6.07) is 7.53. The highest BCUT2D eigenvalue weighted by Gasteiger charge is 2.19. The van der Waals surface area contributed by atoms with E-state index in [1.807, 2.05) is 24.3 Å². The maximum Gasteiger partial charge on any atom is 0.333 e. The number of aliphatic carboxylic acids is 1. The Bertz CT molecular complexity index is 465. The number of carbonyl (C=O) groups is 1. The summed E-state index contributed by atoms with van der Waals surface area (Å²) >= 11 is 0. The third kappa shape index (κ3) is 2.47. The molecule has 0 aliphatic carbocycles. The summed E-state index contributed by atoms with van der Waals surface area (Å²) in [6.07, 6.45) is 0.731. The zero-order valence-electron chi connectivity index (χ0n) is 9.69. The topological polar surface area (TPSA) is 58.6 Å². The second kappa shape index (κ2) is 5.01. The molecule has 1 aromatic rings. The second-order valence-electron chi connectivity index (χ2n) is 3.92. The van der Waals surface area contributed by atoms with Gasteiger partial charge in [-0.3, -0.25) is 0 Å². The van der Waals surface area contributed by atoms with Crippen LogP contribution in [0.1, 0.15) is 12.0 Å². The maximum atomic E-state index is 11.2. The van der Waals surface area contributed by atoms with Gasteiger partial charge in [0.25, 0.3) is 0 Å². The number of rotatable bonds is 3. The highest BCUT2D eigenvalue weighted by Crippen LogP contribution is 2.27. The molecule has 0 bridgehead atoms. The minimum Gasteiger partial charge on any atom is -0.497 e. The average molecular weight is 233 g/mol. The van der Waals surface area contributed by atoms with Crippen LogP contribution in [0.4, 0.5) is 0 Å². The van der Waals surface area contributed by atoms with E-state index in [9.17, 15) is 4.79 Å². The molecule has 0 atom stereocenters. The van der Waals surface area contributed by atoms with Crippen molar-refractivity contribution in [2.24, 2.45) is 0 Å². The van der Waals surface area contributed by atoms with E-state index >= 15 is 0 Å². The number of carboxylic acids is 1. The number of hydrogen-bond acceptors (Lipinski definition) is 3. The lowest BCUT2D eigenvalue weighted by atomic mass is 9.94. The second-order valence-corrected chi connectivity index (χ2v) is 3.92. The molecule has 0 saturated carbocycles. The number of benzene rings is 1. The molecule has 2 N–H and O–H groups in total. The minimum absolute atomic E-state index is 0.419. The molecule has 0 aromatic heterocycles. The zero-order valence-corrected chi connectivity index (χ0v) is 9.69. The summed E-state index contributed by atoms with van der Waals surface area (Å²) < 4.78 is 5.16. The molecule has 4 nitrogen and oxygen atoms in total. The molecule has 0 fully saturated rings. The maximum absolute atomic E-state index is 11.2. The molecule has 0 radical (unpaired) electrons. The normalized spacial score (nSPS) is 15.8. The fraction of sp³-hybridized carbons (Fsp3) is 0.308. The Kier molecular flexibility index (Phi) is 3.44. The molecule has 2 rings (SSSR count). The van der Waals surface area contributed by atoms with Gasteiger partial charge in [0.2, 0.25) is 0 Å².